The number of nitrogens with one attached hydrogen (secondary N) is 5. The number of alkyl halides is 4. The van der Waals surface area contributed by atoms with Gasteiger partial charge in [-0.2, -0.15) is 17.6 Å². The standard InChI is InChI=1S/C44H51F4N7O7/c1-24(2)50-37(57)31-17-20-33(25(3)21-31)28-11-7-26(8-12-28)22-34(52-36(56)30-13-9-27(10-14-30)23-49-41(61)62-42(4,5)6)38(58)51-32-18-15-29(16-19-32)35-53-39(55-54-35)43(45,46)44(47,48)40(59)60/h7-8,11-12,15-21,24,27,30,34H,9-10,13-14,22-23H2,1-6H3,(H,49,61)(H,50,57)(H,51,58)(H,52,56)(H,59,60)(H,53,54,55)/t27-,30-,34-/m0/s1. The lowest BCUT2D eigenvalue weighted by Gasteiger charge is -2.29. The van der Waals surface area contributed by atoms with Crippen LogP contribution in [0.15, 0.2) is 66.7 Å². The number of ether oxygens (including phenoxy) is 1. The molecule has 0 bridgehead atoms. The molecule has 0 unspecified atom stereocenters. The number of carboxylic acid groups (broad SMARTS) is 1. The second-order valence-electron chi connectivity index (χ2n) is 16.8. The molecule has 14 nitrogen and oxygen atoms in total. The Labute approximate surface area is 356 Å². The van der Waals surface area contributed by atoms with Crippen LogP contribution in [0.1, 0.15) is 87.6 Å². The molecule has 0 spiro atoms. The van der Waals surface area contributed by atoms with E-state index in [1.165, 1.54) is 24.3 Å². The van der Waals surface area contributed by atoms with Gasteiger partial charge < -0.3 is 36.1 Å². The molecule has 0 aliphatic heterocycles. The topological polar surface area (TPSA) is 204 Å². The van der Waals surface area contributed by atoms with E-state index in [1.807, 2.05) is 62.2 Å². The van der Waals surface area contributed by atoms with Crippen molar-refractivity contribution in [1.82, 2.24) is 31.1 Å². The number of alkyl carbamates (subject to hydrolysis) is 1. The first-order chi connectivity index (χ1) is 29.0. The summed E-state index contributed by atoms with van der Waals surface area (Å²) in [4.78, 5) is 65.0. The van der Waals surface area contributed by atoms with Gasteiger partial charge in [-0.05, 0) is 132 Å². The Morgan fingerprint density at radius 3 is 2.06 bits per heavy atom. The van der Waals surface area contributed by atoms with Crippen LogP contribution < -0.4 is 21.3 Å². The Balaban J connectivity index is 1.29. The van der Waals surface area contributed by atoms with Crippen LogP contribution in [0.3, 0.4) is 0 Å². The number of aryl methyl sites for hydroxylation is 1. The molecule has 4 aromatic rings. The van der Waals surface area contributed by atoms with Crippen LogP contribution in [0.25, 0.3) is 22.5 Å². The minimum Gasteiger partial charge on any atom is -0.477 e. The summed E-state index contributed by atoms with van der Waals surface area (Å²) in [6, 6.07) is 17.4. The first-order valence-corrected chi connectivity index (χ1v) is 20.2. The maximum atomic E-state index is 14.3. The maximum absolute atomic E-state index is 14.3. The number of rotatable bonds is 15. The van der Waals surface area contributed by atoms with E-state index in [0.29, 0.717) is 37.8 Å². The fraction of sp³-hybridized carbons (Fsp3) is 0.432. The van der Waals surface area contributed by atoms with E-state index in [4.69, 9.17) is 9.84 Å². The van der Waals surface area contributed by atoms with Crippen molar-refractivity contribution in [1.29, 1.82) is 0 Å². The number of carboxylic acids is 1. The van der Waals surface area contributed by atoms with E-state index in [2.05, 4.69) is 31.5 Å². The van der Waals surface area contributed by atoms with Crippen LogP contribution in [0.2, 0.25) is 0 Å². The van der Waals surface area contributed by atoms with E-state index >= 15 is 0 Å². The number of hydrogen-bond donors (Lipinski definition) is 6. The Kier molecular flexibility index (Phi) is 14.4. The molecule has 1 saturated carbocycles. The molecule has 62 heavy (non-hydrogen) atoms. The van der Waals surface area contributed by atoms with Crippen LogP contribution in [0.4, 0.5) is 28.0 Å². The molecule has 1 atom stereocenters. The first kappa shape index (κ1) is 46.7. The van der Waals surface area contributed by atoms with Gasteiger partial charge in [-0.15, -0.1) is 10.2 Å². The highest BCUT2D eigenvalue weighted by molar-refractivity contribution is 5.98. The number of nitrogens with zero attached hydrogens (tertiary/aromatic N) is 2. The highest BCUT2D eigenvalue weighted by atomic mass is 19.3. The maximum Gasteiger partial charge on any atom is 0.411 e. The summed E-state index contributed by atoms with van der Waals surface area (Å²) in [6.45, 7) is 11.4. The summed E-state index contributed by atoms with van der Waals surface area (Å²) in [7, 11) is 0. The molecule has 332 valence electrons. The van der Waals surface area contributed by atoms with Crippen LogP contribution in [-0.4, -0.2) is 80.2 Å². The SMILES string of the molecule is Cc1cc(C(=O)NC(C)C)ccc1-c1ccc(C[C@H](NC(=O)[C@H]2CC[C@H](CNC(=O)OC(C)(C)C)CC2)C(=O)Nc2ccc(-c3nnc(C(F)(F)C(F)(F)C(=O)O)[nH]3)cc2)cc1. The zero-order valence-electron chi connectivity index (χ0n) is 35.2. The number of aromatic nitrogens is 3. The smallest absolute Gasteiger partial charge is 0.411 e. The number of halogens is 4. The molecule has 1 aliphatic carbocycles. The molecule has 0 radical (unpaired) electrons. The average Bonchev–Trinajstić information content (AvgIpc) is 3.71. The Bertz CT molecular complexity index is 2250. The van der Waals surface area contributed by atoms with Gasteiger partial charge in [-0.25, -0.2) is 9.59 Å². The Morgan fingerprint density at radius 2 is 1.48 bits per heavy atom. The number of carbonyl (C=O) groups is 5. The third kappa shape index (κ3) is 11.7. The van der Waals surface area contributed by atoms with Gasteiger partial charge in [0.1, 0.15) is 11.6 Å². The van der Waals surface area contributed by atoms with Crippen LogP contribution in [-0.2, 0) is 31.5 Å². The van der Waals surface area contributed by atoms with Crippen molar-refractivity contribution < 1.29 is 51.4 Å². The minimum atomic E-state index is -5.45. The van der Waals surface area contributed by atoms with Gasteiger partial charge in [0.25, 0.3) is 5.91 Å². The number of benzene rings is 3. The van der Waals surface area contributed by atoms with Crippen molar-refractivity contribution in [2.75, 3.05) is 11.9 Å². The fourth-order valence-corrected chi connectivity index (χ4v) is 6.96. The van der Waals surface area contributed by atoms with Crippen molar-refractivity contribution in [3.63, 3.8) is 0 Å². The lowest BCUT2D eigenvalue weighted by molar-refractivity contribution is -0.231. The van der Waals surface area contributed by atoms with E-state index in [-0.39, 0.29) is 53.2 Å². The fourth-order valence-electron chi connectivity index (χ4n) is 6.96. The van der Waals surface area contributed by atoms with Crippen molar-refractivity contribution >= 4 is 35.5 Å². The zero-order chi connectivity index (χ0) is 45.6. The second kappa shape index (κ2) is 19.2. The summed E-state index contributed by atoms with van der Waals surface area (Å²) in [5, 5.41) is 26.5. The van der Waals surface area contributed by atoms with Crippen molar-refractivity contribution in [2.24, 2.45) is 11.8 Å². The second-order valence-corrected chi connectivity index (χ2v) is 16.8. The number of hydrogen-bond acceptors (Lipinski definition) is 8. The van der Waals surface area contributed by atoms with Crippen LogP contribution >= 0.6 is 0 Å². The van der Waals surface area contributed by atoms with Gasteiger partial charge in [0.2, 0.25) is 17.6 Å². The molecule has 5 rings (SSSR count). The third-order valence-electron chi connectivity index (χ3n) is 10.3. The van der Waals surface area contributed by atoms with Gasteiger partial charge in [0.15, 0.2) is 5.82 Å². The number of anilines is 1. The van der Waals surface area contributed by atoms with Gasteiger partial charge in [0.05, 0.1) is 0 Å². The molecule has 1 aromatic heterocycles. The van der Waals surface area contributed by atoms with Crippen molar-refractivity contribution in [2.45, 2.75) is 103 Å². The summed E-state index contributed by atoms with van der Waals surface area (Å²) < 4.78 is 61.4. The van der Waals surface area contributed by atoms with Crippen molar-refractivity contribution in [3.05, 3.63) is 89.2 Å². The van der Waals surface area contributed by atoms with Crippen LogP contribution in [0.5, 0.6) is 0 Å². The molecule has 1 aliphatic rings. The molecule has 1 heterocycles. The Morgan fingerprint density at radius 1 is 0.855 bits per heavy atom. The van der Waals surface area contributed by atoms with Gasteiger partial charge in [-0.1, -0.05) is 30.3 Å². The van der Waals surface area contributed by atoms with E-state index in [9.17, 15) is 41.5 Å². The van der Waals surface area contributed by atoms with Crippen LogP contribution in [0, 0.1) is 18.8 Å². The minimum absolute atomic E-state index is 0.0119. The Hall–Kier alpha value is -6.33. The summed E-state index contributed by atoms with van der Waals surface area (Å²) in [5.74, 6) is -16.9. The van der Waals surface area contributed by atoms with Gasteiger partial charge >= 0.3 is 23.9 Å². The number of aliphatic carboxylic acids is 1. The van der Waals surface area contributed by atoms with Gasteiger partial charge in [-0.3, -0.25) is 14.4 Å². The summed E-state index contributed by atoms with van der Waals surface area (Å²) >= 11 is 0. The molecule has 6 N–H and O–H groups in total. The molecular weight excluding hydrogens is 815 g/mol. The summed E-state index contributed by atoms with van der Waals surface area (Å²) in [6.07, 6.45) is 2.02. The average molecular weight is 866 g/mol. The van der Waals surface area contributed by atoms with E-state index in [0.717, 1.165) is 22.3 Å². The quantitative estimate of drug-likeness (QED) is 0.0659. The first-order valence-electron chi connectivity index (χ1n) is 20.2. The molecular formula is C44H51F4N7O7. The lowest BCUT2D eigenvalue weighted by Crippen LogP contribution is -2.48. The summed E-state index contributed by atoms with van der Waals surface area (Å²) in [5.41, 5.74) is 3.68. The molecule has 3 aromatic carbocycles. The van der Waals surface area contributed by atoms with E-state index < -0.39 is 47.3 Å². The highest BCUT2D eigenvalue weighted by Crippen LogP contribution is 2.42. The molecule has 1 fully saturated rings. The third-order valence-corrected chi connectivity index (χ3v) is 10.3. The predicted molar refractivity (Wildman–Crippen MR) is 221 cm³/mol. The van der Waals surface area contributed by atoms with E-state index in [1.54, 1.807) is 26.8 Å². The molecule has 0 saturated heterocycles. The monoisotopic (exact) mass is 865 g/mol. The predicted octanol–water partition coefficient (Wildman–Crippen LogP) is 7.39. The number of amides is 4. The highest BCUT2D eigenvalue weighted by Gasteiger charge is 2.65. The number of H-pyrrole nitrogens is 1. The molecule has 4 amide bonds. The van der Waals surface area contributed by atoms with Crippen molar-refractivity contribution in [3.8, 4) is 22.5 Å². The lowest BCUT2D eigenvalue weighted by atomic mass is 9.81. The number of carbonyl (C=O) groups excluding carboxylic acids is 4. The molecule has 18 heteroatoms. The normalized spacial score (nSPS) is 16.2. The zero-order valence-corrected chi connectivity index (χ0v) is 35.2. The van der Waals surface area contributed by atoms with Gasteiger partial charge in [0, 0.05) is 41.7 Å². The number of aromatic amines is 1. The largest absolute Gasteiger partial charge is 0.477 e.